The summed E-state index contributed by atoms with van der Waals surface area (Å²) in [7, 11) is 0. The highest BCUT2D eigenvalue weighted by molar-refractivity contribution is 9.10. The van der Waals surface area contributed by atoms with Crippen LogP contribution < -0.4 is 10.1 Å². The van der Waals surface area contributed by atoms with Crippen LogP contribution in [0.4, 0.5) is 5.69 Å². The Bertz CT molecular complexity index is 675. The Morgan fingerprint density at radius 3 is 2.36 bits per heavy atom. The first-order valence-electron chi connectivity index (χ1n) is 7.22. The molecule has 1 N–H and O–H groups in total. The molecule has 0 atom stereocenters. The van der Waals surface area contributed by atoms with E-state index in [1.54, 1.807) is 6.07 Å². The summed E-state index contributed by atoms with van der Waals surface area (Å²) in [6, 6.07) is 11.4. The molecule has 2 aromatic rings. The molecule has 0 spiro atoms. The third-order valence-electron chi connectivity index (χ3n) is 3.27. The number of benzene rings is 2. The van der Waals surface area contributed by atoms with Crippen LogP contribution in [0.25, 0.3) is 0 Å². The maximum Gasteiger partial charge on any atom is 0.259 e. The molecule has 1 amide bonds. The standard InChI is InChI=1S/C18H20BrNO2/c1-11(2)22-16-9-8-14(19)10-15(16)18(21)20-17-12(3)6-5-7-13(17)4/h5-11H,1-4H3,(H,20,21). The van der Waals surface area contributed by atoms with Crippen molar-refractivity contribution in [1.82, 2.24) is 0 Å². The number of carbonyl (C=O) groups excluding carboxylic acids is 1. The number of anilines is 1. The van der Waals surface area contributed by atoms with Crippen LogP contribution in [0.3, 0.4) is 0 Å². The van der Waals surface area contributed by atoms with Gasteiger partial charge in [0.25, 0.3) is 5.91 Å². The zero-order valence-electron chi connectivity index (χ0n) is 13.2. The highest BCUT2D eigenvalue weighted by Gasteiger charge is 2.16. The molecule has 0 heterocycles. The molecular formula is C18H20BrNO2. The lowest BCUT2D eigenvalue weighted by atomic mass is 10.1. The summed E-state index contributed by atoms with van der Waals surface area (Å²) in [5.74, 6) is 0.413. The molecule has 2 rings (SSSR count). The Balaban J connectivity index is 2.35. The molecule has 0 saturated heterocycles. The van der Waals surface area contributed by atoms with Gasteiger partial charge in [-0.05, 0) is 57.0 Å². The minimum atomic E-state index is -0.172. The van der Waals surface area contributed by atoms with Crippen LogP contribution in [-0.2, 0) is 0 Å². The minimum absolute atomic E-state index is 0.00734. The van der Waals surface area contributed by atoms with Gasteiger partial charge >= 0.3 is 0 Å². The van der Waals surface area contributed by atoms with Crippen LogP contribution in [0.1, 0.15) is 35.3 Å². The highest BCUT2D eigenvalue weighted by atomic mass is 79.9. The second-order valence-corrected chi connectivity index (χ2v) is 6.44. The van der Waals surface area contributed by atoms with E-state index in [0.717, 1.165) is 21.3 Å². The van der Waals surface area contributed by atoms with E-state index in [9.17, 15) is 4.79 Å². The summed E-state index contributed by atoms with van der Waals surface area (Å²) in [4.78, 5) is 12.7. The average molecular weight is 362 g/mol. The van der Waals surface area contributed by atoms with Crippen LogP contribution in [0, 0.1) is 13.8 Å². The zero-order valence-corrected chi connectivity index (χ0v) is 14.8. The monoisotopic (exact) mass is 361 g/mol. The quantitative estimate of drug-likeness (QED) is 0.821. The third kappa shape index (κ3) is 3.89. The summed E-state index contributed by atoms with van der Waals surface area (Å²) in [5, 5.41) is 3.00. The van der Waals surface area contributed by atoms with Gasteiger partial charge in [0.2, 0.25) is 0 Å². The zero-order chi connectivity index (χ0) is 16.3. The number of aryl methyl sites for hydroxylation is 2. The number of para-hydroxylation sites is 1. The van der Waals surface area contributed by atoms with Crippen molar-refractivity contribution in [2.24, 2.45) is 0 Å². The molecule has 116 valence electrons. The van der Waals surface area contributed by atoms with E-state index in [1.807, 2.05) is 58.0 Å². The smallest absolute Gasteiger partial charge is 0.259 e. The summed E-state index contributed by atoms with van der Waals surface area (Å²) >= 11 is 3.41. The molecule has 4 heteroatoms. The van der Waals surface area contributed by atoms with Crippen molar-refractivity contribution in [1.29, 1.82) is 0 Å². The second kappa shape index (κ2) is 6.97. The number of halogens is 1. The van der Waals surface area contributed by atoms with E-state index in [4.69, 9.17) is 4.74 Å². The Hall–Kier alpha value is -1.81. The first kappa shape index (κ1) is 16.6. The topological polar surface area (TPSA) is 38.3 Å². The summed E-state index contributed by atoms with van der Waals surface area (Å²) < 4.78 is 6.58. The molecule has 0 unspecified atom stereocenters. The molecule has 0 aliphatic rings. The van der Waals surface area contributed by atoms with Crippen molar-refractivity contribution in [3.05, 3.63) is 57.6 Å². The molecule has 0 aliphatic heterocycles. The predicted molar refractivity (Wildman–Crippen MR) is 93.8 cm³/mol. The van der Waals surface area contributed by atoms with E-state index in [0.29, 0.717) is 11.3 Å². The van der Waals surface area contributed by atoms with E-state index in [2.05, 4.69) is 21.2 Å². The maximum absolute atomic E-state index is 12.7. The number of carbonyl (C=O) groups is 1. The van der Waals surface area contributed by atoms with E-state index >= 15 is 0 Å². The predicted octanol–water partition coefficient (Wildman–Crippen LogP) is 5.11. The summed E-state index contributed by atoms with van der Waals surface area (Å²) in [6.07, 6.45) is 0.00734. The van der Waals surface area contributed by atoms with Crippen molar-refractivity contribution in [2.45, 2.75) is 33.8 Å². The Kier molecular flexibility index (Phi) is 5.24. The molecule has 3 nitrogen and oxygen atoms in total. The number of ether oxygens (including phenoxy) is 1. The molecule has 0 radical (unpaired) electrons. The van der Waals surface area contributed by atoms with Gasteiger partial charge in [-0.3, -0.25) is 4.79 Å². The van der Waals surface area contributed by atoms with Crippen molar-refractivity contribution < 1.29 is 9.53 Å². The van der Waals surface area contributed by atoms with Gasteiger partial charge in [0.15, 0.2) is 0 Å². The molecule has 0 saturated carbocycles. The second-order valence-electron chi connectivity index (χ2n) is 5.53. The summed E-state index contributed by atoms with van der Waals surface area (Å²) in [5.41, 5.74) is 3.44. The molecule has 0 bridgehead atoms. The van der Waals surface area contributed by atoms with Gasteiger partial charge in [-0.1, -0.05) is 34.1 Å². The first-order valence-corrected chi connectivity index (χ1v) is 8.01. The largest absolute Gasteiger partial charge is 0.490 e. The van der Waals surface area contributed by atoms with Gasteiger partial charge in [-0.25, -0.2) is 0 Å². The third-order valence-corrected chi connectivity index (χ3v) is 3.76. The van der Waals surface area contributed by atoms with E-state index in [1.165, 1.54) is 0 Å². The Morgan fingerprint density at radius 1 is 1.14 bits per heavy atom. The van der Waals surface area contributed by atoms with E-state index in [-0.39, 0.29) is 12.0 Å². The molecule has 0 aliphatic carbocycles. The number of amides is 1. The SMILES string of the molecule is Cc1cccc(C)c1NC(=O)c1cc(Br)ccc1OC(C)C. The normalized spacial score (nSPS) is 10.6. The van der Waals surface area contributed by atoms with Gasteiger partial charge in [-0.15, -0.1) is 0 Å². The van der Waals surface area contributed by atoms with Crippen LogP contribution in [0.5, 0.6) is 5.75 Å². The van der Waals surface area contributed by atoms with Gasteiger partial charge in [0, 0.05) is 10.2 Å². The lowest BCUT2D eigenvalue weighted by Gasteiger charge is -2.16. The Labute approximate surface area is 139 Å². The number of nitrogens with one attached hydrogen (secondary N) is 1. The van der Waals surface area contributed by atoms with Crippen molar-refractivity contribution >= 4 is 27.5 Å². The van der Waals surface area contributed by atoms with Crippen LogP contribution in [0.2, 0.25) is 0 Å². The molecular weight excluding hydrogens is 342 g/mol. The van der Waals surface area contributed by atoms with Crippen LogP contribution in [-0.4, -0.2) is 12.0 Å². The van der Waals surface area contributed by atoms with Crippen LogP contribution >= 0.6 is 15.9 Å². The highest BCUT2D eigenvalue weighted by Crippen LogP contribution is 2.27. The fourth-order valence-electron chi connectivity index (χ4n) is 2.23. The summed E-state index contributed by atoms with van der Waals surface area (Å²) in [6.45, 7) is 7.84. The van der Waals surface area contributed by atoms with Gasteiger partial charge in [0.1, 0.15) is 5.75 Å². The van der Waals surface area contributed by atoms with Gasteiger partial charge < -0.3 is 10.1 Å². The van der Waals surface area contributed by atoms with Gasteiger partial charge in [0.05, 0.1) is 11.7 Å². The number of hydrogen-bond acceptors (Lipinski definition) is 2. The molecule has 2 aromatic carbocycles. The fourth-order valence-corrected chi connectivity index (χ4v) is 2.59. The van der Waals surface area contributed by atoms with Crippen molar-refractivity contribution in [2.75, 3.05) is 5.32 Å². The minimum Gasteiger partial charge on any atom is -0.490 e. The first-order chi connectivity index (χ1) is 10.4. The molecule has 0 fully saturated rings. The average Bonchev–Trinajstić information content (AvgIpc) is 2.44. The number of rotatable bonds is 4. The maximum atomic E-state index is 12.7. The Morgan fingerprint density at radius 2 is 1.77 bits per heavy atom. The molecule has 22 heavy (non-hydrogen) atoms. The fraction of sp³-hybridized carbons (Fsp3) is 0.278. The van der Waals surface area contributed by atoms with Crippen LogP contribution in [0.15, 0.2) is 40.9 Å². The van der Waals surface area contributed by atoms with Crippen molar-refractivity contribution in [3.63, 3.8) is 0 Å². The lowest BCUT2D eigenvalue weighted by molar-refractivity contribution is 0.102. The van der Waals surface area contributed by atoms with Gasteiger partial charge in [-0.2, -0.15) is 0 Å². The molecule has 0 aromatic heterocycles. The lowest BCUT2D eigenvalue weighted by Crippen LogP contribution is -2.17. The van der Waals surface area contributed by atoms with E-state index < -0.39 is 0 Å². The van der Waals surface area contributed by atoms with Crippen molar-refractivity contribution in [3.8, 4) is 5.75 Å². The number of hydrogen-bond donors (Lipinski definition) is 1.